The van der Waals surface area contributed by atoms with Gasteiger partial charge in [-0.25, -0.2) is 0 Å². The van der Waals surface area contributed by atoms with E-state index in [2.05, 4.69) is 0 Å². The van der Waals surface area contributed by atoms with Gasteiger partial charge in [-0.3, -0.25) is 19.2 Å². The van der Waals surface area contributed by atoms with Gasteiger partial charge in [0.25, 0.3) is 0 Å². The van der Waals surface area contributed by atoms with E-state index in [0.717, 1.165) is 25.7 Å². The van der Waals surface area contributed by atoms with Gasteiger partial charge in [0.1, 0.15) is 0 Å². The summed E-state index contributed by atoms with van der Waals surface area (Å²) in [6, 6.07) is 0. The average molecular weight is 472 g/mol. The van der Waals surface area contributed by atoms with Gasteiger partial charge in [-0.15, -0.1) is 0 Å². The molecule has 10 atom stereocenters. The van der Waals surface area contributed by atoms with E-state index >= 15 is 0 Å². The van der Waals surface area contributed by atoms with Crippen LogP contribution >= 0.6 is 58.2 Å². The van der Waals surface area contributed by atoms with Gasteiger partial charge in [0.2, 0.25) is 21.0 Å². The maximum Gasteiger partial charge on any atom is 0.225 e. The van der Waals surface area contributed by atoms with Crippen molar-refractivity contribution in [2.24, 2.45) is 47.3 Å². The van der Waals surface area contributed by atoms with Crippen molar-refractivity contribution in [3.8, 4) is 0 Å². The molecule has 0 saturated heterocycles. The molecule has 10 unspecified atom stereocenters. The zero-order valence-electron chi connectivity index (χ0n) is 14.2. The Kier molecular flexibility index (Phi) is 5.66. The molecule has 0 heterocycles. The van der Waals surface area contributed by atoms with E-state index in [1.807, 2.05) is 0 Å². The molecule has 4 aliphatic rings. The number of carbonyl (C=O) groups excluding carboxylic acids is 4. The summed E-state index contributed by atoms with van der Waals surface area (Å²) in [5.74, 6) is -1.75. The predicted molar refractivity (Wildman–Crippen MR) is 105 cm³/mol. The second kappa shape index (κ2) is 7.46. The quantitative estimate of drug-likeness (QED) is 0.546. The Bertz CT molecular complexity index is 657. The Morgan fingerprint density at radius 2 is 0.889 bits per heavy atom. The van der Waals surface area contributed by atoms with E-state index in [1.54, 1.807) is 11.8 Å². The van der Waals surface area contributed by atoms with Gasteiger partial charge < -0.3 is 0 Å². The van der Waals surface area contributed by atoms with E-state index in [0.29, 0.717) is 0 Å². The van der Waals surface area contributed by atoms with Crippen LogP contribution in [0.1, 0.15) is 25.7 Å². The first-order valence-electron chi connectivity index (χ1n) is 9.13. The van der Waals surface area contributed by atoms with Crippen molar-refractivity contribution >= 4 is 79.1 Å². The highest BCUT2D eigenvalue weighted by Crippen LogP contribution is 2.62. The third-order valence-corrected chi connectivity index (χ3v) is 10.1. The Morgan fingerprint density at radius 3 is 1.19 bits per heavy atom. The van der Waals surface area contributed by atoms with Crippen LogP contribution in [-0.4, -0.2) is 31.5 Å². The Balaban J connectivity index is 1.49. The molecule has 9 heteroatoms. The third-order valence-electron chi connectivity index (χ3n) is 7.28. The fourth-order valence-electron chi connectivity index (χ4n) is 6.41. The maximum atomic E-state index is 12.0. The molecule has 0 N–H and O–H groups in total. The van der Waals surface area contributed by atoms with Crippen molar-refractivity contribution < 1.29 is 19.2 Å². The number of fused-ring (bicyclic) bond motifs is 4. The Hall–Kier alpha value is 0.190. The molecule has 0 radical (unpaired) electrons. The molecule has 148 valence electrons. The maximum absolute atomic E-state index is 12.0. The van der Waals surface area contributed by atoms with Gasteiger partial charge in [0.05, 0.1) is 0 Å². The predicted octanol–water partition coefficient (Wildman–Crippen LogP) is 4.06. The van der Waals surface area contributed by atoms with Gasteiger partial charge in [-0.1, -0.05) is 0 Å². The molecule has 4 bridgehead atoms. The summed E-state index contributed by atoms with van der Waals surface area (Å²) in [4.78, 5) is 47.5. The third kappa shape index (κ3) is 3.30. The molecule has 4 nitrogen and oxygen atoms in total. The minimum absolute atomic E-state index is 0.0347. The molecule has 0 aromatic heterocycles. The monoisotopic (exact) mass is 470 g/mol. The normalized spacial score (nSPS) is 47.4. The Labute approximate surface area is 181 Å². The van der Waals surface area contributed by atoms with Crippen molar-refractivity contribution in [2.75, 3.05) is 0 Å². The highest BCUT2D eigenvalue weighted by Gasteiger charge is 2.61. The SMILES string of the molecule is O=C(Cl)C1C2CC(SC3CC4CC3C(C(=O)Cl)C4C(=O)Cl)C(C2)C1C(=O)Cl. The second-order valence-corrected chi connectivity index (χ2v) is 11.3. The fourth-order valence-corrected chi connectivity index (χ4v) is 9.77. The van der Waals surface area contributed by atoms with Crippen molar-refractivity contribution in [1.29, 1.82) is 0 Å². The molecule has 4 fully saturated rings. The number of thioether (sulfide) groups is 1. The number of hydrogen-bond donors (Lipinski definition) is 0. The zero-order chi connectivity index (χ0) is 19.6. The molecule has 27 heavy (non-hydrogen) atoms. The van der Waals surface area contributed by atoms with E-state index in [1.165, 1.54) is 0 Å². The molecular formula is C18H18Cl4O4S. The van der Waals surface area contributed by atoms with Gasteiger partial charge >= 0.3 is 0 Å². The van der Waals surface area contributed by atoms with Crippen LogP contribution in [0.25, 0.3) is 0 Å². The molecular weight excluding hydrogens is 454 g/mol. The van der Waals surface area contributed by atoms with Crippen LogP contribution in [0.4, 0.5) is 0 Å². The molecule has 4 saturated carbocycles. The van der Waals surface area contributed by atoms with Gasteiger partial charge in [-0.2, -0.15) is 11.8 Å². The second-order valence-electron chi connectivity index (χ2n) is 8.32. The molecule has 0 aromatic carbocycles. The molecule has 0 aromatic rings. The summed E-state index contributed by atoms with van der Waals surface area (Å²) >= 11 is 24.9. The summed E-state index contributed by atoms with van der Waals surface area (Å²) < 4.78 is 0. The summed E-state index contributed by atoms with van der Waals surface area (Å²) in [6.07, 6.45) is 3.21. The van der Waals surface area contributed by atoms with Crippen LogP contribution in [0.5, 0.6) is 0 Å². The van der Waals surface area contributed by atoms with Crippen molar-refractivity contribution in [3.63, 3.8) is 0 Å². The van der Waals surface area contributed by atoms with E-state index in [4.69, 9.17) is 46.4 Å². The smallest absolute Gasteiger partial charge is 0.225 e. The lowest BCUT2D eigenvalue weighted by Gasteiger charge is -2.37. The van der Waals surface area contributed by atoms with Crippen LogP contribution in [0.2, 0.25) is 0 Å². The molecule has 0 aliphatic heterocycles. The van der Waals surface area contributed by atoms with Crippen LogP contribution in [0, 0.1) is 47.3 Å². The van der Waals surface area contributed by atoms with Gasteiger partial charge in [0.15, 0.2) is 0 Å². The highest BCUT2D eigenvalue weighted by atomic mass is 35.5. The highest BCUT2D eigenvalue weighted by molar-refractivity contribution is 8.00. The van der Waals surface area contributed by atoms with E-state index in [-0.39, 0.29) is 34.2 Å². The first-order chi connectivity index (χ1) is 12.7. The lowest BCUT2D eigenvalue weighted by atomic mass is 9.80. The molecule has 4 rings (SSSR count). The summed E-state index contributed by atoms with van der Waals surface area (Å²) in [7, 11) is 0. The number of halogens is 4. The minimum atomic E-state index is -0.519. The fraction of sp³-hybridized carbons (Fsp3) is 0.778. The lowest BCUT2D eigenvalue weighted by molar-refractivity contribution is -0.125. The van der Waals surface area contributed by atoms with Gasteiger partial charge in [-0.05, 0) is 95.8 Å². The van der Waals surface area contributed by atoms with Crippen molar-refractivity contribution in [1.82, 2.24) is 0 Å². The lowest BCUT2D eigenvalue weighted by Crippen LogP contribution is -2.40. The number of carbonyl (C=O) groups is 4. The minimum Gasteiger partial charge on any atom is -0.281 e. The average Bonchev–Trinajstić information content (AvgIpc) is 3.30. The van der Waals surface area contributed by atoms with Crippen LogP contribution in [0.3, 0.4) is 0 Å². The van der Waals surface area contributed by atoms with Crippen LogP contribution < -0.4 is 0 Å². The van der Waals surface area contributed by atoms with E-state index < -0.39 is 44.6 Å². The standard InChI is InChI=1S/C18H18Cl4O4S/c19-15(23)11-5-1-7(13(11)17(21)25)9(3-5)27-10-4-6-2-8(10)14(18(22)26)12(6)16(20)24/h5-14H,1-4H2. The largest absolute Gasteiger partial charge is 0.281 e. The summed E-state index contributed by atoms with van der Waals surface area (Å²) in [5.41, 5.74) is 0. The van der Waals surface area contributed by atoms with Crippen LogP contribution in [-0.2, 0) is 19.2 Å². The number of rotatable bonds is 6. The molecule has 0 spiro atoms. The zero-order valence-corrected chi connectivity index (χ0v) is 18.0. The summed E-state index contributed by atoms with van der Waals surface area (Å²) in [5, 5.41) is -1.50. The van der Waals surface area contributed by atoms with E-state index in [9.17, 15) is 19.2 Å². The number of hydrogen-bond acceptors (Lipinski definition) is 5. The topological polar surface area (TPSA) is 68.3 Å². The first-order valence-corrected chi connectivity index (χ1v) is 11.6. The van der Waals surface area contributed by atoms with Crippen molar-refractivity contribution in [3.05, 3.63) is 0 Å². The van der Waals surface area contributed by atoms with Gasteiger partial charge in [0, 0.05) is 34.2 Å². The van der Waals surface area contributed by atoms with Crippen LogP contribution in [0.15, 0.2) is 0 Å². The molecule has 0 amide bonds. The Morgan fingerprint density at radius 1 is 0.556 bits per heavy atom. The van der Waals surface area contributed by atoms with Crippen molar-refractivity contribution in [2.45, 2.75) is 36.2 Å². The molecule has 4 aliphatic carbocycles. The summed E-state index contributed by atoms with van der Waals surface area (Å²) in [6.45, 7) is 0. The first kappa shape index (κ1) is 20.5.